The Labute approximate surface area is 245 Å². The molecular formula is C32H17CuN8-. The summed E-state index contributed by atoms with van der Waals surface area (Å²) < 4.78 is 0. The van der Waals surface area contributed by atoms with Crippen molar-refractivity contribution in [1.29, 1.82) is 0 Å². The molecule has 8 rings (SSSR count). The predicted molar refractivity (Wildman–Crippen MR) is 160 cm³/mol. The van der Waals surface area contributed by atoms with Crippen LogP contribution in [0.4, 0.5) is 11.6 Å². The van der Waals surface area contributed by atoms with Crippen LogP contribution in [0.5, 0.6) is 0 Å². The first-order valence-electron chi connectivity index (χ1n) is 12.7. The van der Waals surface area contributed by atoms with E-state index in [2.05, 4.69) is 10.3 Å². The minimum atomic E-state index is -0.0500. The van der Waals surface area contributed by atoms with E-state index >= 15 is 0 Å². The summed E-state index contributed by atoms with van der Waals surface area (Å²) in [5, 5.41) is 16.3. The van der Waals surface area contributed by atoms with Gasteiger partial charge in [0, 0.05) is 40.1 Å². The second-order valence-corrected chi connectivity index (χ2v) is 9.42. The maximum absolute atomic E-state index is 10.3. The fraction of sp³-hybridized carbons (Fsp3) is 0. The van der Waals surface area contributed by atoms with E-state index in [1.54, 1.807) is 0 Å². The van der Waals surface area contributed by atoms with Gasteiger partial charge in [-0.15, -0.1) is 0 Å². The summed E-state index contributed by atoms with van der Waals surface area (Å²) in [6.07, 6.45) is 1.82. The van der Waals surface area contributed by atoms with Gasteiger partial charge in [0.2, 0.25) is 0 Å². The van der Waals surface area contributed by atoms with Gasteiger partial charge in [0.1, 0.15) is 0 Å². The third-order valence-electron chi connectivity index (χ3n) is 7.03. The topological polar surface area (TPSA) is 112 Å². The van der Waals surface area contributed by atoms with Crippen LogP contribution >= 0.6 is 0 Å². The largest absolute Gasteiger partial charge is 2.00 e. The number of aliphatic imine (C=N–C) groups is 5. The molecular weight excluding hydrogens is 560 g/mol. The van der Waals surface area contributed by atoms with E-state index in [0.717, 1.165) is 38.6 Å². The molecule has 0 N–H and O–H groups in total. The number of nitrogens with zero attached hydrogens (tertiary/aromatic N) is 8. The molecule has 0 saturated carbocycles. The zero-order valence-corrected chi connectivity index (χ0v) is 22.1. The van der Waals surface area contributed by atoms with Crippen molar-refractivity contribution >= 4 is 57.8 Å². The molecule has 197 valence electrons. The number of rotatable bonds is 2. The van der Waals surface area contributed by atoms with Gasteiger partial charge in [-0.1, -0.05) is 103 Å². The van der Waals surface area contributed by atoms with Crippen LogP contribution in [-0.4, -0.2) is 35.4 Å². The molecule has 1 aromatic heterocycles. The summed E-state index contributed by atoms with van der Waals surface area (Å²) in [4.78, 5) is 28.6. The fourth-order valence-corrected chi connectivity index (χ4v) is 5.11. The molecule has 0 aliphatic carbocycles. The monoisotopic (exact) mass is 576 g/mol. The molecule has 1 radical (unpaired) electrons. The van der Waals surface area contributed by atoms with E-state index < -0.39 is 0 Å². The Kier molecular flexibility index (Phi) is 5.89. The SMILES string of the molecule is [Cu+2].[N-]=C1[N-]C(=NC2=N/C(=N\c3[n-]c(/N=C4\N=Cc5ccccc54)c4ccccc34)c3ccccc32)c2ccccc21. The third-order valence-corrected chi connectivity index (χ3v) is 7.03. The molecule has 41 heavy (non-hydrogen) atoms. The first-order chi connectivity index (χ1) is 19.7. The normalized spacial score (nSPS) is 17.5. The Bertz CT molecular complexity index is 2060. The van der Waals surface area contributed by atoms with Crippen LogP contribution in [0.25, 0.3) is 21.5 Å². The molecule has 9 heteroatoms. The number of aromatic nitrogens is 1. The molecule has 0 fully saturated rings. The molecule has 0 saturated heterocycles. The number of hydrogen-bond donors (Lipinski definition) is 0. The minimum absolute atomic E-state index is 0. The van der Waals surface area contributed by atoms with Gasteiger partial charge < -0.3 is 25.7 Å². The van der Waals surface area contributed by atoms with Gasteiger partial charge in [-0.05, 0) is 22.2 Å². The first kappa shape index (κ1) is 24.8. The molecule has 0 atom stereocenters. The second-order valence-electron chi connectivity index (χ2n) is 9.42. The van der Waals surface area contributed by atoms with Gasteiger partial charge in [0.05, 0.1) is 11.7 Å². The summed E-state index contributed by atoms with van der Waals surface area (Å²) in [5.41, 5.74) is 5.09. The molecule has 3 aliphatic heterocycles. The van der Waals surface area contributed by atoms with E-state index in [-0.39, 0.29) is 22.9 Å². The molecule has 3 aliphatic rings. The molecule has 4 heterocycles. The van der Waals surface area contributed by atoms with Crippen molar-refractivity contribution in [3.63, 3.8) is 0 Å². The number of hydrogen-bond acceptors (Lipinski definition) is 3. The van der Waals surface area contributed by atoms with Crippen molar-refractivity contribution < 1.29 is 17.1 Å². The van der Waals surface area contributed by atoms with E-state index in [9.17, 15) is 5.41 Å². The van der Waals surface area contributed by atoms with Crippen molar-refractivity contribution in [2.45, 2.75) is 0 Å². The summed E-state index contributed by atoms with van der Waals surface area (Å²) in [6, 6.07) is 31.1. The number of amidine groups is 5. The van der Waals surface area contributed by atoms with Gasteiger partial charge >= 0.3 is 17.1 Å². The van der Waals surface area contributed by atoms with Crippen molar-refractivity contribution in [1.82, 2.24) is 4.98 Å². The first-order valence-corrected chi connectivity index (χ1v) is 12.7. The van der Waals surface area contributed by atoms with Crippen LogP contribution in [0.15, 0.2) is 122 Å². The van der Waals surface area contributed by atoms with E-state index in [1.165, 1.54) is 0 Å². The number of benzene rings is 4. The standard InChI is InChI=1S/C32H17N8.Cu/c33-26-20-11-3-4-12-21(20)28(35-26)37-30-24-15-7-8-16-25(24)32(39-30)40-31-23-14-6-5-13-22(23)29(38-31)36-27-19-10-2-1-9-18(19)17-34-27;/h1-17H;/q-3;+2/b36-27-;. The third kappa shape index (κ3) is 4.07. The van der Waals surface area contributed by atoms with Crippen molar-refractivity contribution in [2.24, 2.45) is 25.0 Å². The number of fused-ring (bicyclic) bond motifs is 4. The van der Waals surface area contributed by atoms with E-state index in [0.29, 0.717) is 40.5 Å². The van der Waals surface area contributed by atoms with Gasteiger partial charge in [-0.3, -0.25) is 15.8 Å². The average Bonchev–Trinajstić information content (AvgIpc) is 3.74. The Balaban J connectivity index is 0.00000276. The molecule has 0 unspecified atom stereocenters. The Morgan fingerprint density at radius 2 is 1.17 bits per heavy atom. The molecule has 0 bridgehead atoms. The van der Waals surface area contributed by atoms with Gasteiger partial charge in [0.25, 0.3) is 0 Å². The van der Waals surface area contributed by atoms with Crippen LogP contribution in [-0.2, 0) is 17.1 Å². The Morgan fingerprint density at radius 3 is 1.93 bits per heavy atom. The van der Waals surface area contributed by atoms with Crippen molar-refractivity contribution in [2.75, 3.05) is 0 Å². The van der Waals surface area contributed by atoms with E-state index in [1.807, 2.05) is 103 Å². The maximum atomic E-state index is 10.3. The van der Waals surface area contributed by atoms with Crippen LogP contribution in [0.2, 0.25) is 0 Å². The molecule has 4 aromatic carbocycles. The fourth-order valence-electron chi connectivity index (χ4n) is 5.11. The Morgan fingerprint density at radius 1 is 0.585 bits per heavy atom. The van der Waals surface area contributed by atoms with Crippen LogP contribution in [0.3, 0.4) is 0 Å². The van der Waals surface area contributed by atoms with Crippen molar-refractivity contribution in [3.05, 3.63) is 141 Å². The quantitative estimate of drug-likeness (QED) is 0.226. The van der Waals surface area contributed by atoms with Crippen LogP contribution in [0.1, 0.15) is 33.4 Å². The maximum Gasteiger partial charge on any atom is 2.00 e. The van der Waals surface area contributed by atoms with Gasteiger partial charge in [0.15, 0.2) is 5.84 Å². The Hall–Kier alpha value is -5.24. The van der Waals surface area contributed by atoms with Crippen LogP contribution < -0.4 is 4.98 Å². The minimum Gasteiger partial charge on any atom is -0.824 e. The average molecular weight is 577 g/mol. The van der Waals surface area contributed by atoms with Gasteiger partial charge in [-0.2, -0.15) is 0 Å². The predicted octanol–water partition coefficient (Wildman–Crippen LogP) is 6.29. The summed E-state index contributed by atoms with van der Waals surface area (Å²) >= 11 is 0. The zero-order valence-electron chi connectivity index (χ0n) is 21.2. The van der Waals surface area contributed by atoms with Gasteiger partial charge in [-0.25, -0.2) is 4.99 Å². The zero-order chi connectivity index (χ0) is 26.6. The molecule has 0 amide bonds. The summed E-state index contributed by atoms with van der Waals surface area (Å²) in [5.74, 6) is 3.05. The summed E-state index contributed by atoms with van der Waals surface area (Å²) in [7, 11) is 0. The smallest absolute Gasteiger partial charge is 0.824 e. The second kappa shape index (κ2) is 9.74. The molecule has 5 aromatic rings. The summed E-state index contributed by atoms with van der Waals surface area (Å²) in [6.45, 7) is 0. The van der Waals surface area contributed by atoms with Crippen molar-refractivity contribution in [3.8, 4) is 0 Å². The molecule has 0 spiro atoms. The van der Waals surface area contributed by atoms with Crippen LogP contribution in [0, 0.1) is 0 Å². The van der Waals surface area contributed by atoms with E-state index in [4.69, 9.17) is 25.0 Å². The molecule has 8 nitrogen and oxygen atoms in total.